The molecule has 0 spiro atoms. The van der Waals surface area contributed by atoms with Gasteiger partial charge in [0.05, 0.1) is 0 Å². The highest BCUT2D eigenvalue weighted by atomic mass is 16.1. The van der Waals surface area contributed by atoms with Crippen molar-refractivity contribution in [3.63, 3.8) is 0 Å². The molecule has 0 saturated heterocycles. The Hall–Kier alpha value is -0.630. The SMILES string of the molecule is CC1(C)C=CC(=O)CC1CN. The van der Waals surface area contributed by atoms with Crippen LogP contribution in [0.4, 0.5) is 0 Å². The molecule has 0 fully saturated rings. The molecule has 2 nitrogen and oxygen atoms in total. The number of hydrogen-bond donors (Lipinski definition) is 1. The maximum absolute atomic E-state index is 11.0. The molecule has 2 heteroatoms. The van der Waals surface area contributed by atoms with E-state index in [1.165, 1.54) is 0 Å². The minimum absolute atomic E-state index is 0.0999. The topological polar surface area (TPSA) is 43.1 Å². The van der Waals surface area contributed by atoms with E-state index in [1.54, 1.807) is 6.08 Å². The van der Waals surface area contributed by atoms with Crippen molar-refractivity contribution in [1.29, 1.82) is 0 Å². The normalized spacial score (nSPS) is 29.0. The van der Waals surface area contributed by atoms with Gasteiger partial charge in [-0.1, -0.05) is 19.9 Å². The summed E-state index contributed by atoms with van der Waals surface area (Å²) in [7, 11) is 0. The molecule has 0 aromatic rings. The molecule has 2 N–H and O–H groups in total. The van der Waals surface area contributed by atoms with Crippen LogP contribution in [0.2, 0.25) is 0 Å². The zero-order valence-electron chi connectivity index (χ0n) is 7.13. The minimum atomic E-state index is 0.0999. The lowest BCUT2D eigenvalue weighted by Gasteiger charge is -2.32. The van der Waals surface area contributed by atoms with Gasteiger partial charge in [-0.25, -0.2) is 0 Å². The van der Waals surface area contributed by atoms with Crippen molar-refractivity contribution in [3.05, 3.63) is 12.2 Å². The summed E-state index contributed by atoms with van der Waals surface area (Å²) in [5.74, 6) is 0.528. The molecule has 0 heterocycles. The van der Waals surface area contributed by atoms with Crippen LogP contribution in [0.25, 0.3) is 0 Å². The van der Waals surface area contributed by atoms with Gasteiger partial charge < -0.3 is 5.73 Å². The van der Waals surface area contributed by atoms with Crippen LogP contribution < -0.4 is 5.73 Å². The van der Waals surface area contributed by atoms with E-state index >= 15 is 0 Å². The smallest absolute Gasteiger partial charge is 0.155 e. The molecule has 0 saturated carbocycles. The molecule has 1 aliphatic carbocycles. The van der Waals surface area contributed by atoms with Crippen molar-refractivity contribution in [3.8, 4) is 0 Å². The van der Waals surface area contributed by atoms with Crippen molar-refractivity contribution in [2.75, 3.05) is 6.54 Å². The Balaban J connectivity index is 2.80. The van der Waals surface area contributed by atoms with Crippen LogP contribution in [0.3, 0.4) is 0 Å². The fourth-order valence-corrected chi connectivity index (χ4v) is 1.40. The average Bonchev–Trinajstić information content (AvgIpc) is 1.94. The number of nitrogens with two attached hydrogens (primary N) is 1. The molecule has 0 aliphatic heterocycles. The van der Waals surface area contributed by atoms with Crippen LogP contribution in [0.5, 0.6) is 0 Å². The zero-order valence-corrected chi connectivity index (χ0v) is 7.13. The Bertz CT molecular complexity index is 194. The third-order valence-electron chi connectivity index (χ3n) is 2.48. The van der Waals surface area contributed by atoms with Crippen molar-refractivity contribution < 1.29 is 4.79 Å². The van der Waals surface area contributed by atoms with Gasteiger partial charge in [-0.15, -0.1) is 0 Å². The number of carbonyl (C=O) groups excluding carboxylic acids is 1. The highest BCUT2D eigenvalue weighted by molar-refractivity contribution is 5.90. The zero-order chi connectivity index (χ0) is 8.48. The van der Waals surface area contributed by atoms with Crippen LogP contribution in [-0.4, -0.2) is 12.3 Å². The maximum atomic E-state index is 11.0. The van der Waals surface area contributed by atoms with Crippen LogP contribution >= 0.6 is 0 Å². The number of ketones is 1. The van der Waals surface area contributed by atoms with Crippen LogP contribution in [0.15, 0.2) is 12.2 Å². The predicted octanol–water partition coefficient (Wildman–Crippen LogP) is 1.12. The fourth-order valence-electron chi connectivity index (χ4n) is 1.40. The molecule has 0 bridgehead atoms. The van der Waals surface area contributed by atoms with Gasteiger partial charge in [0.2, 0.25) is 0 Å². The fraction of sp³-hybridized carbons (Fsp3) is 0.667. The summed E-state index contributed by atoms with van der Waals surface area (Å²) in [6.45, 7) is 4.84. The first-order valence-electron chi connectivity index (χ1n) is 3.98. The van der Waals surface area contributed by atoms with Gasteiger partial charge in [-0.3, -0.25) is 4.79 Å². The van der Waals surface area contributed by atoms with E-state index in [0.29, 0.717) is 18.9 Å². The minimum Gasteiger partial charge on any atom is -0.330 e. The van der Waals surface area contributed by atoms with Gasteiger partial charge in [0, 0.05) is 6.42 Å². The quantitative estimate of drug-likeness (QED) is 0.613. The summed E-state index contributed by atoms with van der Waals surface area (Å²) in [6.07, 6.45) is 4.25. The monoisotopic (exact) mass is 153 g/mol. The Morgan fingerprint density at radius 3 is 2.82 bits per heavy atom. The summed E-state index contributed by atoms with van der Waals surface area (Å²) < 4.78 is 0. The maximum Gasteiger partial charge on any atom is 0.155 e. The van der Waals surface area contributed by atoms with Crippen molar-refractivity contribution in [1.82, 2.24) is 0 Å². The molecule has 0 radical (unpaired) electrons. The second-order valence-electron chi connectivity index (χ2n) is 3.76. The Morgan fingerprint density at radius 1 is 1.73 bits per heavy atom. The summed E-state index contributed by atoms with van der Waals surface area (Å²) >= 11 is 0. The second kappa shape index (κ2) is 2.78. The third kappa shape index (κ3) is 1.69. The summed E-state index contributed by atoms with van der Waals surface area (Å²) in [5, 5.41) is 0. The molecular weight excluding hydrogens is 138 g/mol. The highest BCUT2D eigenvalue weighted by Crippen LogP contribution is 2.33. The number of allylic oxidation sites excluding steroid dienone is 2. The van der Waals surface area contributed by atoms with E-state index in [-0.39, 0.29) is 11.2 Å². The molecular formula is C9H15NO. The first kappa shape index (κ1) is 8.47. The van der Waals surface area contributed by atoms with E-state index < -0.39 is 0 Å². The van der Waals surface area contributed by atoms with E-state index in [2.05, 4.69) is 13.8 Å². The summed E-state index contributed by atoms with van der Waals surface area (Å²) in [4.78, 5) is 11.0. The van der Waals surface area contributed by atoms with Crippen LogP contribution in [0.1, 0.15) is 20.3 Å². The third-order valence-corrected chi connectivity index (χ3v) is 2.48. The predicted molar refractivity (Wildman–Crippen MR) is 45.1 cm³/mol. The highest BCUT2D eigenvalue weighted by Gasteiger charge is 2.30. The Kier molecular flexibility index (Phi) is 2.14. The second-order valence-corrected chi connectivity index (χ2v) is 3.76. The molecule has 0 amide bonds. The molecule has 1 rings (SSSR count). The van der Waals surface area contributed by atoms with Gasteiger partial charge >= 0.3 is 0 Å². The Morgan fingerprint density at radius 2 is 2.36 bits per heavy atom. The van der Waals surface area contributed by atoms with Crippen molar-refractivity contribution in [2.24, 2.45) is 17.1 Å². The molecule has 1 unspecified atom stereocenters. The average molecular weight is 153 g/mol. The lowest BCUT2D eigenvalue weighted by molar-refractivity contribution is -0.116. The molecule has 0 aromatic heterocycles. The molecule has 0 aromatic carbocycles. The van der Waals surface area contributed by atoms with Gasteiger partial charge in [0.15, 0.2) is 5.78 Å². The lowest BCUT2D eigenvalue weighted by Crippen LogP contribution is -2.33. The first-order valence-corrected chi connectivity index (χ1v) is 3.98. The first-order chi connectivity index (χ1) is 5.06. The van der Waals surface area contributed by atoms with Gasteiger partial charge in [-0.05, 0) is 24.0 Å². The number of rotatable bonds is 1. The van der Waals surface area contributed by atoms with E-state index in [0.717, 1.165) is 0 Å². The summed E-state index contributed by atoms with van der Waals surface area (Å²) in [5.41, 5.74) is 5.65. The standard InChI is InChI=1S/C9H15NO/c1-9(2)4-3-8(11)5-7(9)6-10/h3-4,7H,5-6,10H2,1-2H3. The molecule has 11 heavy (non-hydrogen) atoms. The van der Waals surface area contributed by atoms with E-state index in [9.17, 15) is 4.79 Å². The van der Waals surface area contributed by atoms with Gasteiger partial charge in [0.25, 0.3) is 0 Å². The molecule has 1 aliphatic rings. The van der Waals surface area contributed by atoms with E-state index in [4.69, 9.17) is 5.73 Å². The molecule has 1 atom stereocenters. The van der Waals surface area contributed by atoms with Gasteiger partial charge in [-0.2, -0.15) is 0 Å². The number of carbonyl (C=O) groups is 1. The molecule has 62 valence electrons. The largest absolute Gasteiger partial charge is 0.330 e. The van der Waals surface area contributed by atoms with Gasteiger partial charge in [0.1, 0.15) is 0 Å². The van der Waals surface area contributed by atoms with E-state index in [1.807, 2.05) is 6.08 Å². The summed E-state index contributed by atoms with van der Waals surface area (Å²) in [6, 6.07) is 0. The van der Waals surface area contributed by atoms with Crippen molar-refractivity contribution >= 4 is 5.78 Å². The Labute approximate surface area is 67.5 Å². The number of hydrogen-bond acceptors (Lipinski definition) is 2. The van der Waals surface area contributed by atoms with Crippen LogP contribution in [0, 0.1) is 11.3 Å². The van der Waals surface area contributed by atoms with Crippen LogP contribution in [-0.2, 0) is 4.79 Å². The lowest BCUT2D eigenvalue weighted by atomic mass is 9.73. The van der Waals surface area contributed by atoms with Crippen molar-refractivity contribution in [2.45, 2.75) is 20.3 Å².